The molecule has 6 heteroatoms. The fourth-order valence-corrected chi connectivity index (χ4v) is 1.05. The maximum absolute atomic E-state index is 11.6. The molecular weight excluding hydrogens is 200 g/mol. The average molecular weight is 210 g/mol. The molecule has 0 amide bonds. The van der Waals surface area contributed by atoms with Gasteiger partial charge in [-0.2, -0.15) is 0 Å². The molecule has 0 atom stereocenters. The highest BCUT2D eigenvalue weighted by Crippen LogP contribution is 1.75. The average Bonchev–Trinajstić information content (AvgIpc) is 2.19. The topological polar surface area (TPSA) is 74.2 Å². The molecule has 1 heterocycles. The fourth-order valence-electron chi connectivity index (χ4n) is 1.05. The highest BCUT2D eigenvalue weighted by molar-refractivity contribution is 4.78. The zero-order valence-electron chi connectivity index (χ0n) is 8.01. The Morgan fingerprint density at radius 1 is 1.00 bits per heavy atom. The number of allylic oxidation sites excluding steroid dienone is 2. The highest BCUT2D eigenvalue weighted by Gasteiger charge is 2.08. The van der Waals surface area contributed by atoms with Crippen LogP contribution in [0, 0.1) is 0 Å². The van der Waals surface area contributed by atoms with Crippen LogP contribution in [0.3, 0.4) is 0 Å². The van der Waals surface area contributed by atoms with Crippen LogP contribution in [0.1, 0.15) is 0 Å². The van der Waals surface area contributed by atoms with Gasteiger partial charge in [-0.05, 0) is 0 Å². The van der Waals surface area contributed by atoms with Crippen molar-refractivity contribution >= 4 is 0 Å². The second-order valence-electron chi connectivity index (χ2n) is 2.72. The second kappa shape index (κ2) is 4.41. The van der Waals surface area contributed by atoms with Gasteiger partial charge in [0.05, 0.1) is 13.1 Å². The Balaban J connectivity index is 3.56. The van der Waals surface area contributed by atoms with Crippen molar-refractivity contribution in [2.24, 2.45) is 0 Å². The van der Waals surface area contributed by atoms with Gasteiger partial charge in [0.15, 0.2) is 0 Å². The normalized spacial score (nSPS) is 9.87. The first kappa shape index (κ1) is 11.0. The Morgan fingerprint density at radius 2 is 1.40 bits per heavy atom. The number of rotatable bonds is 4. The summed E-state index contributed by atoms with van der Waals surface area (Å²) in [6.07, 6.45) is 2.72. The summed E-state index contributed by atoms with van der Waals surface area (Å²) in [7, 11) is 0. The molecule has 0 aliphatic rings. The second-order valence-corrected chi connectivity index (χ2v) is 2.72. The molecule has 15 heavy (non-hydrogen) atoms. The van der Waals surface area contributed by atoms with Crippen molar-refractivity contribution in [2.75, 3.05) is 0 Å². The van der Waals surface area contributed by atoms with E-state index in [0.29, 0.717) is 0 Å². The Bertz CT molecular complexity index is 501. The zero-order chi connectivity index (χ0) is 11.4. The summed E-state index contributed by atoms with van der Waals surface area (Å²) in [5.74, 6) is -1.96. The van der Waals surface area contributed by atoms with E-state index in [-0.39, 0.29) is 13.1 Å². The van der Waals surface area contributed by atoms with Gasteiger partial charge in [0.25, 0.3) is 0 Å². The summed E-state index contributed by atoms with van der Waals surface area (Å²) < 4.78 is 5.90. The Labute approximate surface area is 84.4 Å². The summed E-state index contributed by atoms with van der Waals surface area (Å²) in [6, 6.07) is 0. The van der Waals surface area contributed by atoms with Gasteiger partial charge in [0.1, 0.15) is 0 Å². The van der Waals surface area contributed by atoms with Crippen molar-refractivity contribution in [3.8, 4) is 0 Å². The largest absolute Gasteiger partial charge is 0.427 e. The summed E-state index contributed by atoms with van der Waals surface area (Å²) in [5.41, 5.74) is -0.726. The van der Waals surface area contributed by atoms with E-state index in [4.69, 9.17) is 0 Å². The van der Waals surface area contributed by atoms with E-state index < -0.39 is 17.2 Å². The molecule has 0 saturated carbocycles. The van der Waals surface area contributed by atoms with Gasteiger partial charge in [0, 0.05) is 0 Å². The van der Waals surface area contributed by atoms with E-state index in [1.165, 1.54) is 12.2 Å². The molecule has 6 nitrogen and oxygen atoms in total. The summed E-state index contributed by atoms with van der Waals surface area (Å²) >= 11 is 0. The lowest BCUT2D eigenvalue weighted by molar-refractivity contribution is 0.338. The van der Waals surface area contributed by atoms with Crippen LogP contribution in [0.15, 0.2) is 44.1 Å². The van der Waals surface area contributed by atoms with Gasteiger partial charge in [-0.25, -0.2) is 23.5 Å². The molecule has 80 valence electrons. The van der Waals surface area contributed by atoms with Crippen molar-refractivity contribution < 1.29 is 4.42 Å². The summed E-state index contributed by atoms with van der Waals surface area (Å²) in [5, 5.41) is 0. The molecular formula is C9H10N2O4. The molecule has 1 aromatic rings. The quantitative estimate of drug-likeness (QED) is 0.618. The van der Waals surface area contributed by atoms with Crippen molar-refractivity contribution in [1.82, 2.24) is 9.13 Å². The van der Waals surface area contributed by atoms with Gasteiger partial charge >= 0.3 is 17.2 Å². The third kappa shape index (κ3) is 2.04. The Hall–Kier alpha value is -2.11. The first-order valence-electron chi connectivity index (χ1n) is 4.18. The first-order chi connectivity index (χ1) is 7.11. The van der Waals surface area contributed by atoms with Crippen LogP contribution in [0.5, 0.6) is 0 Å². The van der Waals surface area contributed by atoms with Gasteiger partial charge < -0.3 is 4.42 Å². The molecule has 1 aromatic heterocycles. The van der Waals surface area contributed by atoms with Crippen molar-refractivity contribution in [3.63, 3.8) is 0 Å². The SMILES string of the molecule is C=CCn1c(=O)oc(=O)n(CC=C)c1=O. The lowest BCUT2D eigenvalue weighted by Gasteiger charge is -2.02. The first-order valence-corrected chi connectivity index (χ1v) is 4.18. The molecule has 0 aliphatic carbocycles. The van der Waals surface area contributed by atoms with Crippen LogP contribution in [-0.4, -0.2) is 9.13 Å². The summed E-state index contributed by atoms with van der Waals surface area (Å²) in [4.78, 5) is 33.8. The lowest BCUT2D eigenvalue weighted by Crippen LogP contribution is -2.46. The van der Waals surface area contributed by atoms with Crippen LogP contribution >= 0.6 is 0 Å². The van der Waals surface area contributed by atoms with E-state index >= 15 is 0 Å². The molecule has 0 radical (unpaired) electrons. The van der Waals surface area contributed by atoms with Crippen LogP contribution in [0.4, 0.5) is 0 Å². The van der Waals surface area contributed by atoms with Crippen LogP contribution in [-0.2, 0) is 13.1 Å². The highest BCUT2D eigenvalue weighted by atomic mass is 16.5. The smallest absolute Gasteiger partial charge is 0.358 e. The standard InChI is InChI=1S/C9H10N2O4/c1-3-5-10-7(12)11(6-4-2)9(14)15-8(10)13/h3-4H,1-2,5-6H2. The van der Waals surface area contributed by atoms with E-state index in [0.717, 1.165) is 9.13 Å². The van der Waals surface area contributed by atoms with E-state index in [2.05, 4.69) is 17.6 Å². The molecule has 1 rings (SSSR count). The number of nitrogens with zero attached hydrogens (tertiary/aromatic N) is 2. The predicted molar refractivity (Wildman–Crippen MR) is 53.9 cm³/mol. The Kier molecular flexibility index (Phi) is 3.22. The summed E-state index contributed by atoms with van der Waals surface area (Å²) in [6.45, 7) is 6.77. The fraction of sp³-hybridized carbons (Fsp3) is 0.222. The third-order valence-electron chi connectivity index (χ3n) is 1.70. The van der Waals surface area contributed by atoms with E-state index in [1.54, 1.807) is 0 Å². The van der Waals surface area contributed by atoms with Crippen LogP contribution in [0.25, 0.3) is 0 Å². The molecule has 0 aliphatic heterocycles. The molecule has 0 spiro atoms. The van der Waals surface area contributed by atoms with Crippen LogP contribution in [0.2, 0.25) is 0 Å². The molecule has 0 aromatic carbocycles. The number of hydrogen-bond acceptors (Lipinski definition) is 4. The van der Waals surface area contributed by atoms with Crippen molar-refractivity contribution in [1.29, 1.82) is 0 Å². The maximum atomic E-state index is 11.6. The maximum Gasteiger partial charge on any atom is 0.427 e. The third-order valence-corrected chi connectivity index (χ3v) is 1.70. The van der Waals surface area contributed by atoms with Gasteiger partial charge in [-0.15, -0.1) is 13.2 Å². The molecule has 0 N–H and O–H groups in total. The minimum absolute atomic E-state index is 0.00140. The van der Waals surface area contributed by atoms with Gasteiger partial charge in [-0.1, -0.05) is 12.2 Å². The number of hydrogen-bond donors (Lipinski definition) is 0. The lowest BCUT2D eigenvalue weighted by atomic mass is 10.6. The van der Waals surface area contributed by atoms with Crippen LogP contribution < -0.4 is 17.2 Å². The Morgan fingerprint density at radius 3 is 1.73 bits per heavy atom. The monoisotopic (exact) mass is 210 g/mol. The van der Waals surface area contributed by atoms with E-state index in [1.807, 2.05) is 0 Å². The zero-order valence-corrected chi connectivity index (χ0v) is 8.01. The van der Waals surface area contributed by atoms with Crippen molar-refractivity contribution in [3.05, 3.63) is 56.9 Å². The van der Waals surface area contributed by atoms with E-state index in [9.17, 15) is 14.4 Å². The number of aromatic nitrogens is 2. The molecule has 0 saturated heterocycles. The van der Waals surface area contributed by atoms with Crippen molar-refractivity contribution in [2.45, 2.75) is 13.1 Å². The molecule has 0 fully saturated rings. The predicted octanol–water partition coefficient (Wildman–Crippen LogP) is -0.665. The minimum Gasteiger partial charge on any atom is -0.358 e. The van der Waals surface area contributed by atoms with Gasteiger partial charge in [-0.3, -0.25) is 0 Å². The molecule has 0 unspecified atom stereocenters. The van der Waals surface area contributed by atoms with Gasteiger partial charge in [0.2, 0.25) is 0 Å². The minimum atomic E-state index is -0.981. The molecule has 0 bridgehead atoms.